The van der Waals surface area contributed by atoms with Crippen molar-refractivity contribution in [2.45, 2.75) is 45.3 Å². The van der Waals surface area contributed by atoms with Crippen molar-refractivity contribution in [3.8, 4) is 0 Å². The Labute approximate surface area is 127 Å². The molecule has 1 fully saturated rings. The second-order valence-electron chi connectivity index (χ2n) is 6.19. The molecule has 2 heterocycles. The highest BCUT2D eigenvalue weighted by molar-refractivity contribution is 5.81. The summed E-state index contributed by atoms with van der Waals surface area (Å²) in [4.78, 5) is 7.04. The molecule has 0 saturated carbocycles. The lowest BCUT2D eigenvalue weighted by Gasteiger charge is -2.27. The lowest BCUT2D eigenvalue weighted by molar-refractivity contribution is 0.220. The summed E-state index contributed by atoms with van der Waals surface area (Å²) in [5.74, 6) is 0.940. The van der Waals surface area contributed by atoms with Crippen molar-refractivity contribution in [2.75, 3.05) is 19.6 Å². The summed E-state index contributed by atoms with van der Waals surface area (Å²) in [7, 11) is 0. The van der Waals surface area contributed by atoms with E-state index in [4.69, 9.17) is 0 Å². The average Bonchev–Trinajstić information content (AvgIpc) is 2.93. The van der Waals surface area contributed by atoms with Crippen molar-refractivity contribution in [1.82, 2.24) is 15.5 Å². The van der Waals surface area contributed by atoms with E-state index in [1.165, 1.54) is 43.5 Å². The molecule has 2 N–H and O–H groups in total. The van der Waals surface area contributed by atoms with Crippen molar-refractivity contribution >= 4 is 5.96 Å². The number of piperidine rings is 1. The quantitative estimate of drug-likeness (QED) is 0.890. The molecular formula is C17H26N4. The lowest BCUT2D eigenvalue weighted by atomic mass is 10.0. The van der Waals surface area contributed by atoms with Crippen LogP contribution in [0.2, 0.25) is 0 Å². The molecule has 2 aliphatic rings. The van der Waals surface area contributed by atoms with Crippen molar-refractivity contribution in [1.29, 1.82) is 0 Å². The van der Waals surface area contributed by atoms with Gasteiger partial charge in [0, 0.05) is 19.1 Å². The van der Waals surface area contributed by atoms with E-state index >= 15 is 0 Å². The maximum absolute atomic E-state index is 4.46. The van der Waals surface area contributed by atoms with E-state index in [-0.39, 0.29) is 0 Å². The van der Waals surface area contributed by atoms with Gasteiger partial charge in [-0.25, -0.2) is 0 Å². The number of rotatable bonds is 4. The molecule has 0 amide bonds. The third kappa shape index (κ3) is 3.97. The Hall–Kier alpha value is -1.55. The standard InChI is InChI=1S/C17H26N4/c1-14-11-18-17(20-14)19-12-15-7-3-4-8-16(15)13-21-9-5-2-6-10-21/h3-4,7-8,14H,2,5-6,9-13H2,1H3,(H2,18,19,20). The molecule has 0 bridgehead atoms. The summed E-state index contributed by atoms with van der Waals surface area (Å²) in [6, 6.07) is 9.22. The Bertz CT molecular complexity index is 491. The van der Waals surface area contributed by atoms with Crippen molar-refractivity contribution in [2.24, 2.45) is 4.99 Å². The molecule has 0 radical (unpaired) electrons. The van der Waals surface area contributed by atoms with Crippen LogP contribution in [-0.4, -0.2) is 36.5 Å². The van der Waals surface area contributed by atoms with Gasteiger partial charge in [-0.1, -0.05) is 30.7 Å². The first kappa shape index (κ1) is 14.4. The minimum atomic E-state index is 0.455. The van der Waals surface area contributed by atoms with Crippen molar-refractivity contribution < 1.29 is 0 Å². The monoisotopic (exact) mass is 286 g/mol. The average molecular weight is 286 g/mol. The van der Waals surface area contributed by atoms with E-state index in [1.807, 2.05) is 0 Å². The molecule has 1 saturated heterocycles. The van der Waals surface area contributed by atoms with Crippen LogP contribution in [0.3, 0.4) is 0 Å². The first-order valence-electron chi connectivity index (χ1n) is 8.15. The molecule has 2 aliphatic heterocycles. The summed E-state index contributed by atoms with van der Waals surface area (Å²) in [6.45, 7) is 7.44. The molecule has 1 unspecified atom stereocenters. The van der Waals surface area contributed by atoms with Gasteiger partial charge in [0.05, 0.1) is 6.54 Å². The Kier molecular flexibility index (Phi) is 4.76. The van der Waals surface area contributed by atoms with E-state index in [0.29, 0.717) is 6.04 Å². The molecule has 3 rings (SSSR count). The maximum atomic E-state index is 4.46. The van der Waals surface area contributed by atoms with E-state index in [0.717, 1.165) is 25.6 Å². The van der Waals surface area contributed by atoms with Gasteiger partial charge < -0.3 is 10.6 Å². The summed E-state index contributed by atoms with van der Waals surface area (Å²) in [5, 5.41) is 6.78. The number of nitrogens with zero attached hydrogens (tertiary/aromatic N) is 2. The van der Waals surface area contributed by atoms with Crippen LogP contribution in [0, 0.1) is 0 Å². The molecule has 1 atom stereocenters. The molecule has 4 heteroatoms. The van der Waals surface area contributed by atoms with Gasteiger partial charge in [0.1, 0.15) is 0 Å². The van der Waals surface area contributed by atoms with Crippen LogP contribution in [0.1, 0.15) is 37.3 Å². The highest BCUT2D eigenvalue weighted by Crippen LogP contribution is 2.16. The zero-order valence-electron chi connectivity index (χ0n) is 12.9. The predicted octanol–water partition coefficient (Wildman–Crippen LogP) is 2.11. The summed E-state index contributed by atoms with van der Waals surface area (Å²) in [6.07, 6.45) is 4.08. The minimum Gasteiger partial charge on any atom is -0.352 e. The smallest absolute Gasteiger partial charge is 0.191 e. The minimum absolute atomic E-state index is 0.455. The first-order chi connectivity index (χ1) is 10.3. The number of nitrogens with one attached hydrogen (secondary N) is 2. The molecule has 0 spiro atoms. The number of hydrogen-bond donors (Lipinski definition) is 2. The summed E-state index contributed by atoms with van der Waals surface area (Å²) in [5.41, 5.74) is 2.82. The van der Waals surface area contributed by atoms with Crippen molar-refractivity contribution in [3.05, 3.63) is 35.4 Å². The lowest BCUT2D eigenvalue weighted by Crippen LogP contribution is -2.37. The topological polar surface area (TPSA) is 39.7 Å². The molecule has 21 heavy (non-hydrogen) atoms. The number of guanidine groups is 1. The fourth-order valence-electron chi connectivity index (χ4n) is 3.08. The number of hydrogen-bond acceptors (Lipinski definition) is 4. The Balaban J connectivity index is 1.59. The third-order valence-corrected chi connectivity index (χ3v) is 4.31. The number of likely N-dealkylation sites (tertiary alicyclic amines) is 1. The van der Waals surface area contributed by atoms with Crippen LogP contribution in [0.15, 0.2) is 29.3 Å². The van der Waals surface area contributed by atoms with Gasteiger partial charge in [0.2, 0.25) is 0 Å². The van der Waals surface area contributed by atoms with Gasteiger partial charge in [-0.15, -0.1) is 0 Å². The Morgan fingerprint density at radius 1 is 1.19 bits per heavy atom. The largest absolute Gasteiger partial charge is 0.352 e. The normalized spacial score (nSPS) is 22.7. The fourth-order valence-corrected chi connectivity index (χ4v) is 3.08. The number of benzene rings is 1. The van der Waals surface area contributed by atoms with E-state index in [2.05, 4.69) is 51.7 Å². The van der Waals surface area contributed by atoms with Gasteiger partial charge in [-0.2, -0.15) is 0 Å². The van der Waals surface area contributed by atoms with Crippen LogP contribution >= 0.6 is 0 Å². The molecular weight excluding hydrogens is 260 g/mol. The zero-order chi connectivity index (χ0) is 14.5. The molecule has 1 aromatic rings. The highest BCUT2D eigenvalue weighted by atomic mass is 15.2. The van der Waals surface area contributed by atoms with Gasteiger partial charge >= 0.3 is 0 Å². The predicted molar refractivity (Wildman–Crippen MR) is 87.3 cm³/mol. The molecule has 114 valence electrons. The molecule has 0 aliphatic carbocycles. The van der Waals surface area contributed by atoms with E-state index in [1.54, 1.807) is 0 Å². The number of aliphatic imine (C=N–C) groups is 1. The second-order valence-corrected chi connectivity index (χ2v) is 6.19. The zero-order valence-corrected chi connectivity index (χ0v) is 12.9. The summed E-state index contributed by atoms with van der Waals surface area (Å²) < 4.78 is 0. The molecule has 0 aromatic heterocycles. The van der Waals surface area contributed by atoms with E-state index in [9.17, 15) is 0 Å². The fraction of sp³-hybridized carbons (Fsp3) is 0.588. The van der Waals surface area contributed by atoms with Gasteiger partial charge in [0.15, 0.2) is 5.96 Å². The van der Waals surface area contributed by atoms with E-state index < -0.39 is 0 Å². The van der Waals surface area contributed by atoms with Crippen LogP contribution < -0.4 is 10.6 Å². The summed E-state index contributed by atoms with van der Waals surface area (Å²) >= 11 is 0. The van der Waals surface area contributed by atoms with Crippen molar-refractivity contribution in [3.63, 3.8) is 0 Å². The van der Waals surface area contributed by atoms with Gasteiger partial charge in [-0.3, -0.25) is 9.89 Å². The maximum Gasteiger partial charge on any atom is 0.191 e. The van der Waals surface area contributed by atoms with Gasteiger partial charge in [0.25, 0.3) is 0 Å². The SMILES string of the molecule is CC1CN=C(NCc2ccccc2CN2CCCCC2)N1. The Morgan fingerprint density at radius 3 is 2.67 bits per heavy atom. The second kappa shape index (κ2) is 6.94. The van der Waals surface area contributed by atoms with Gasteiger partial charge in [-0.05, 0) is 44.0 Å². The van der Waals surface area contributed by atoms with Crippen LogP contribution in [0.25, 0.3) is 0 Å². The molecule has 1 aromatic carbocycles. The highest BCUT2D eigenvalue weighted by Gasteiger charge is 2.14. The Morgan fingerprint density at radius 2 is 1.95 bits per heavy atom. The van der Waals surface area contributed by atoms with Crippen LogP contribution in [0.5, 0.6) is 0 Å². The third-order valence-electron chi connectivity index (χ3n) is 4.31. The first-order valence-corrected chi connectivity index (χ1v) is 8.15. The molecule has 4 nitrogen and oxygen atoms in total. The van der Waals surface area contributed by atoms with Crippen LogP contribution in [-0.2, 0) is 13.1 Å². The van der Waals surface area contributed by atoms with Crippen LogP contribution in [0.4, 0.5) is 0 Å².